The lowest BCUT2D eigenvalue weighted by Gasteiger charge is -2.31. The van der Waals surface area contributed by atoms with E-state index in [0.29, 0.717) is 26.3 Å². The smallest absolute Gasteiger partial charge is 0.243 e. The Bertz CT molecular complexity index is 168. The molecule has 0 unspecified atom stereocenters. The number of carbonyl (C=O) groups is 1. The summed E-state index contributed by atoms with van der Waals surface area (Å²) < 4.78 is 5.11. The molecule has 0 spiro atoms. The molecule has 0 aliphatic carbocycles. The zero-order valence-electron chi connectivity index (χ0n) is 7.59. The second-order valence-electron chi connectivity index (χ2n) is 3.53. The van der Waals surface area contributed by atoms with Gasteiger partial charge in [-0.2, -0.15) is 0 Å². The highest BCUT2D eigenvalue weighted by Gasteiger charge is 2.29. The number of morpholine rings is 1. The molecular formula is C8H15N2O2. The zero-order valence-corrected chi connectivity index (χ0v) is 7.59. The Labute approximate surface area is 72.7 Å². The van der Waals surface area contributed by atoms with Crippen LogP contribution in [0.5, 0.6) is 0 Å². The molecule has 0 bridgehead atoms. The third-order valence-electron chi connectivity index (χ3n) is 1.83. The first-order chi connectivity index (χ1) is 5.52. The molecule has 0 aromatic carbocycles. The van der Waals surface area contributed by atoms with Gasteiger partial charge in [-0.25, -0.2) is 5.73 Å². The van der Waals surface area contributed by atoms with Crippen molar-refractivity contribution in [2.45, 2.75) is 19.4 Å². The minimum atomic E-state index is -1.00. The van der Waals surface area contributed by atoms with Crippen LogP contribution in [0.3, 0.4) is 0 Å². The molecule has 4 heteroatoms. The molecular weight excluding hydrogens is 156 g/mol. The normalized spacial score (nSPS) is 19.4. The van der Waals surface area contributed by atoms with Crippen LogP contribution >= 0.6 is 0 Å². The Hall–Kier alpha value is -0.610. The van der Waals surface area contributed by atoms with Gasteiger partial charge in [-0.3, -0.25) is 4.79 Å². The summed E-state index contributed by atoms with van der Waals surface area (Å²) in [6.45, 7) is 5.68. The summed E-state index contributed by atoms with van der Waals surface area (Å²) in [7, 11) is 0. The third-order valence-corrected chi connectivity index (χ3v) is 1.83. The molecule has 1 aliphatic heterocycles. The van der Waals surface area contributed by atoms with E-state index in [1.165, 1.54) is 0 Å². The summed E-state index contributed by atoms with van der Waals surface area (Å²) in [6, 6.07) is 0. The second kappa shape index (κ2) is 3.41. The van der Waals surface area contributed by atoms with Crippen LogP contribution in [0.4, 0.5) is 0 Å². The molecule has 1 saturated heterocycles. The van der Waals surface area contributed by atoms with Crippen LogP contribution in [-0.4, -0.2) is 42.6 Å². The molecule has 12 heavy (non-hydrogen) atoms. The molecule has 1 aliphatic rings. The maximum atomic E-state index is 11.5. The van der Waals surface area contributed by atoms with Gasteiger partial charge in [0.25, 0.3) is 0 Å². The third kappa shape index (κ3) is 2.19. The van der Waals surface area contributed by atoms with E-state index in [9.17, 15) is 4.79 Å². The minimum absolute atomic E-state index is 0.106. The molecule has 1 heterocycles. The van der Waals surface area contributed by atoms with Gasteiger partial charge in [-0.15, -0.1) is 0 Å². The van der Waals surface area contributed by atoms with Gasteiger partial charge >= 0.3 is 0 Å². The van der Waals surface area contributed by atoms with Gasteiger partial charge in [-0.05, 0) is 13.8 Å². The second-order valence-corrected chi connectivity index (χ2v) is 3.53. The summed E-state index contributed by atoms with van der Waals surface area (Å²) in [4.78, 5) is 13.2. The van der Waals surface area contributed by atoms with Crippen molar-refractivity contribution in [2.75, 3.05) is 26.3 Å². The van der Waals surface area contributed by atoms with E-state index in [0.717, 1.165) is 0 Å². The average molecular weight is 171 g/mol. The summed E-state index contributed by atoms with van der Waals surface area (Å²) in [5.74, 6) is -0.106. The van der Waals surface area contributed by atoms with Gasteiger partial charge in [-0.1, -0.05) is 0 Å². The van der Waals surface area contributed by atoms with Crippen LogP contribution in [0.25, 0.3) is 0 Å². The predicted molar refractivity (Wildman–Crippen MR) is 44.6 cm³/mol. The number of hydrogen-bond donors (Lipinski definition) is 0. The van der Waals surface area contributed by atoms with Crippen LogP contribution in [0.15, 0.2) is 0 Å². The standard InChI is InChI=1S/C8H15N2O2/c1-8(2,9)7(11)10-3-5-12-6-4-10/h9H,3-6H2,1-2H3. The van der Waals surface area contributed by atoms with E-state index in [2.05, 4.69) is 0 Å². The molecule has 1 N–H and O–H groups in total. The van der Waals surface area contributed by atoms with Crippen molar-refractivity contribution in [3.63, 3.8) is 0 Å². The first-order valence-electron chi connectivity index (χ1n) is 4.14. The van der Waals surface area contributed by atoms with E-state index < -0.39 is 5.54 Å². The monoisotopic (exact) mass is 171 g/mol. The van der Waals surface area contributed by atoms with Crippen molar-refractivity contribution in [1.29, 1.82) is 0 Å². The van der Waals surface area contributed by atoms with Crippen molar-refractivity contribution in [2.24, 2.45) is 0 Å². The first kappa shape index (κ1) is 9.48. The number of nitrogens with zero attached hydrogens (tertiary/aromatic N) is 1. The number of amides is 1. The van der Waals surface area contributed by atoms with Crippen LogP contribution in [-0.2, 0) is 9.53 Å². The molecule has 0 saturated carbocycles. The number of carbonyl (C=O) groups excluding carboxylic acids is 1. The van der Waals surface area contributed by atoms with Crippen LogP contribution in [0.2, 0.25) is 0 Å². The molecule has 69 valence electrons. The Morgan fingerprint density at radius 1 is 1.42 bits per heavy atom. The van der Waals surface area contributed by atoms with Crippen molar-refractivity contribution in [1.82, 2.24) is 10.6 Å². The van der Waals surface area contributed by atoms with Crippen molar-refractivity contribution in [3.05, 3.63) is 0 Å². The summed E-state index contributed by atoms with van der Waals surface area (Å²) in [6.07, 6.45) is 0. The van der Waals surface area contributed by atoms with Crippen molar-refractivity contribution >= 4 is 5.91 Å². The van der Waals surface area contributed by atoms with Crippen molar-refractivity contribution in [3.8, 4) is 0 Å². The van der Waals surface area contributed by atoms with E-state index >= 15 is 0 Å². The predicted octanol–water partition coefficient (Wildman–Crippen LogP) is -0.0933. The van der Waals surface area contributed by atoms with Gasteiger partial charge in [0.1, 0.15) is 5.54 Å². The molecule has 0 aromatic heterocycles. The Morgan fingerprint density at radius 2 is 1.92 bits per heavy atom. The lowest BCUT2D eigenvalue weighted by atomic mass is 10.1. The zero-order chi connectivity index (χ0) is 9.19. The van der Waals surface area contributed by atoms with Crippen LogP contribution < -0.4 is 5.73 Å². The number of hydrogen-bond acceptors (Lipinski definition) is 2. The van der Waals surface area contributed by atoms with E-state index in [1.807, 2.05) is 0 Å². The molecule has 1 rings (SSSR count). The molecule has 4 nitrogen and oxygen atoms in total. The maximum Gasteiger partial charge on any atom is 0.243 e. The quantitative estimate of drug-likeness (QED) is 0.553. The topological polar surface area (TPSA) is 53.3 Å². The van der Waals surface area contributed by atoms with E-state index in [4.69, 9.17) is 10.5 Å². The number of rotatable bonds is 1. The Morgan fingerprint density at radius 3 is 2.33 bits per heavy atom. The Kier molecular flexibility index (Phi) is 2.69. The van der Waals surface area contributed by atoms with E-state index in [-0.39, 0.29) is 5.91 Å². The molecule has 1 fully saturated rings. The van der Waals surface area contributed by atoms with Crippen LogP contribution in [0, 0.1) is 0 Å². The van der Waals surface area contributed by atoms with Gasteiger partial charge in [0.05, 0.1) is 13.2 Å². The Balaban J connectivity index is 2.51. The van der Waals surface area contributed by atoms with Gasteiger partial charge in [0.15, 0.2) is 0 Å². The summed E-state index contributed by atoms with van der Waals surface area (Å²) >= 11 is 0. The highest BCUT2D eigenvalue weighted by atomic mass is 16.5. The van der Waals surface area contributed by atoms with Gasteiger partial charge < -0.3 is 9.64 Å². The fourth-order valence-electron chi connectivity index (χ4n) is 1.16. The minimum Gasteiger partial charge on any atom is -0.378 e. The average Bonchev–Trinajstić information content (AvgIpc) is 2.03. The summed E-state index contributed by atoms with van der Waals surface area (Å²) in [5.41, 5.74) is 6.54. The van der Waals surface area contributed by atoms with Crippen LogP contribution in [0.1, 0.15) is 13.8 Å². The molecule has 1 radical (unpaired) electrons. The molecule has 1 amide bonds. The van der Waals surface area contributed by atoms with Crippen molar-refractivity contribution < 1.29 is 9.53 Å². The number of nitrogens with one attached hydrogen (secondary N) is 1. The fraction of sp³-hybridized carbons (Fsp3) is 0.875. The van der Waals surface area contributed by atoms with E-state index in [1.54, 1.807) is 18.7 Å². The largest absolute Gasteiger partial charge is 0.378 e. The maximum absolute atomic E-state index is 11.5. The van der Waals surface area contributed by atoms with Gasteiger partial charge in [0.2, 0.25) is 5.91 Å². The highest BCUT2D eigenvalue weighted by molar-refractivity contribution is 5.85. The first-order valence-corrected chi connectivity index (χ1v) is 4.14. The summed E-state index contributed by atoms with van der Waals surface area (Å²) in [5, 5.41) is 0. The molecule has 0 aromatic rings. The fourth-order valence-corrected chi connectivity index (χ4v) is 1.16. The molecule has 0 atom stereocenters. The van der Waals surface area contributed by atoms with Gasteiger partial charge in [0, 0.05) is 13.1 Å². The SMILES string of the molecule is CC(C)([NH])C(=O)N1CCOCC1. The number of ether oxygens (including phenoxy) is 1. The lowest BCUT2D eigenvalue weighted by molar-refractivity contribution is -0.140. The highest BCUT2D eigenvalue weighted by Crippen LogP contribution is 2.08. The lowest BCUT2D eigenvalue weighted by Crippen LogP contribution is -2.50.